The number of nitrogens with zero attached hydrogens (tertiary/aromatic N) is 2. The molecule has 1 heterocycles. The topological polar surface area (TPSA) is 56.7 Å². The minimum absolute atomic E-state index is 0. The molecule has 0 radical (unpaired) electrons. The molecule has 2 aromatic rings. The fraction of sp³-hybridized carbons (Fsp3) is 0.364. The van der Waals surface area contributed by atoms with Gasteiger partial charge in [-0.25, -0.2) is 0 Å². The van der Waals surface area contributed by atoms with Crippen LogP contribution in [0.4, 0.5) is 5.69 Å². The van der Waals surface area contributed by atoms with Crippen LogP contribution in [0.1, 0.15) is 18.4 Å². The molecule has 0 bridgehead atoms. The fourth-order valence-electron chi connectivity index (χ4n) is 3.51. The standard InChI is InChI=1S/C22H28N4O.HI/c1-23-22(24-17-21(27)25-20-10-6-3-7-11-20)26-14-12-19(13-15-26)16-18-8-4-2-5-9-18;/h2-11,19H,12-17H2,1H3,(H,23,24)(H,25,27);1H. The lowest BCUT2D eigenvalue weighted by Crippen LogP contribution is -2.47. The highest BCUT2D eigenvalue weighted by Gasteiger charge is 2.21. The van der Waals surface area contributed by atoms with E-state index in [0.29, 0.717) is 5.92 Å². The molecule has 0 aromatic heterocycles. The molecule has 2 N–H and O–H groups in total. The second-order valence-corrected chi connectivity index (χ2v) is 6.94. The largest absolute Gasteiger partial charge is 0.347 e. The number of hydrogen-bond donors (Lipinski definition) is 2. The maximum Gasteiger partial charge on any atom is 0.243 e. The first kappa shape index (κ1) is 22.2. The molecule has 2 aromatic carbocycles. The Labute approximate surface area is 184 Å². The predicted molar refractivity (Wildman–Crippen MR) is 126 cm³/mol. The molecule has 0 saturated carbocycles. The molecule has 3 rings (SSSR count). The Bertz CT molecular complexity index is 744. The van der Waals surface area contributed by atoms with Crippen molar-refractivity contribution in [2.45, 2.75) is 19.3 Å². The van der Waals surface area contributed by atoms with Gasteiger partial charge < -0.3 is 15.5 Å². The molecule has 0 unspecified atom stereocenters. The van der Waals surface area contributed by atoms with E-state index in [0.717, 1.165) is 44.0 Å². The number of benzene rings is 2. The van der Waals surface area contributed by atoms with Crippen molar-refractivity contribution in [1.82, 2.24) is 10.2 Å². The van der Waals surface area contributed by atoms with Gasteiger partial charge in [-0.05, 0) is 42.9 Å². The van der Waals surface area contributed by atoms with Gasteiger partial charge in [-0.1, -0.05) is 48.5 Å². The number of nitrogens with one attached hydrogen (secondary N) is 2. The van der Waals surface area contributed by atoms with Crippen molar-refractivity contribution >= 4 is 41.5 Å². The number of aliphatic imine (C=N–C) groups is 1. The van der Waals surface area contributed by atoms with Crippen molar-refractivity contribution in [3.8, 4) is 0 Å². The summed E-state index contributed by atoms with van der Waals surface area (Å²) in [6.07, 6.45) is 3.43. The molecule has 28 heavy (non-hydrogen) atoms. The Morgan fingerprint density at radius 2 is 1.64 bits per heavy atom. The predicted octanol–water partition coefficient (Wildman–Crippen LogP) is 3.77. The third-order valence-electron chi connectivity index (χ3n) is 4.96. The van der Waals surface area contributed by atoms with E-state index in [1.165, 1.54) is 5.56 Å². The van der Waals surface area contributed by atoms with Crippen molar-refractivity contribution in [2.75, 3.05) is 32.0 Å². The van der Waals surface area contributed by atoms with Crippen molar-refractivity contribution in [3.05, 3.63) is 66.2 Å². The highest BCUT2D eigenvalue weighted by Crippen LogP contribution is 2.21. The van der Waals surface area contributed by atoms with E-state index < -0.39 is 0 Å². The van der Waals surface area contributed by atoms with E-state index in [4.69, 9.17) is 0 Å². The Morgan fingerprint density at radius 1 is 1.04 bits per heavy atom. The molecule has 150 valence electrons. The molecule has 0 spiro atoms. The van der Waals surface area contributed by atoms with Gasteiger partial charge in [0.1, 0.15) is 0 Å². The lowest BCUT2D eigenvalue weighted by atomic mass is 9.90. The fourth-order valence-corrected chi connectivity index (χ4v) is 3.51. The van der Waals surface area contributed by atoms with Crippen LogP contribution < -0.4 is 10.6 Å². The lowest BCUT2D eigenvalue weighted by molar-refractivity contribution is -0.115. The minimum atomic E-state index is -0.0682. The number of carbonyl (C=O) groups excluding carboxylic acids is 1. The molecule has 1 saturated heterocycles. The number of guanidine groups is 1. The van der Waals surface area contributed by atoms with Gasteiger partial charge in [-0.2, -0.15) is 0 Å². The van der Waals surface area contributed by atoms with E-state index in [9.17, 15) is 4.79 Å². The number of anilines is 1. The summed E-state index contributed by atoms with van der Waals surface area (Å²) < 4.78 is 0. The highest BCUT2D eigenvalue weighted by atomic mass is 127. The number of piperidine rings is 1. The number of halogens is 1. The van der Waals surface area contributed by atoms with Crippen LogP contribution in [0.15, 0.2) is 65.7 Å². The average Bonchev–Trinajstić information content (AvgIpc) is 2.71. The van der Waals surface area contributed by atoms with Crippen LogP contribution >= 0.6 is 24.0 Å². The van der Waals surface area contributed by atoms with E-state index in [2.05, 4.69) is 50.9 Å². The van der Waals surface area contributed by atoms with Crippen molar-refractivity contribution in [3.63, 3.8) is 0 Å². The Morgan fingerprint density at radius 3 is 2.25 bits per heavy atom. The maximum atomic E-state index is 12.1. The highest BCUT2D eigenvalue weighted by molar-refractivity contribution is 14.0. The van der Waals surface area contributed by atoms with E-state index in [1.807, 2.05) is 30.3 Å². The smallest absolute Gasteiger partial charge is 0.243 e. The van der Waals surface area contributed by atoms with Crippen molar-refractivity contribution in [1.29, 1.82) is 0 Å². The summed E-state index contributed by atoms with van der Waals surface area (Å²) in [4.78, 5) is 18.7. The third-order valence-corrected chi connectivity index (χ3v) is 4.96. The van der Waals surface area contributed by atoms with Crippen LogP contribution in [-0.2, 0) is 11.2 Å². The summed E-state index contributed by atoms with van der Waals surface area (Å²) >= 11 is 0. The van der Waals surface area contributed by atoms with Crippen LogP contribution in [0, 0.1) is 5.92 Å². The normalized spacial score (nSPS) is 14.9. The number of carbonyl (C=O) groups is 1. The molecule has 6 heteroatoms. The first-order valence-corrected chi connectivity index (χ1v) is 9.59. The molecule has 1 fully saturated rings. The van der Waals surface area contributed by atoms with Crippen LogP contribution in [0.5, 0.6) is 0 Å². The van der Waals surface area contributed by atoms with Gasteiger partial charge in [0, 0.05) is 25.8 Å². The number of para-hydroxylation sites is 1. The first-order chi connectivity index (χ1) is 13.2. The Kier molecular flexibility index (Phi) is 9.27. The van der Waals surface area contributed by atoms with E-state index in [-0.39, 0.29) is 36.4 Å². The van der Waals surface area contributed by atoms with Gasteiger partial charge in [-0.15, -0.1) is 24.0 Å². The quantitative estimate of drug-likeness (QED) is 0.380. The van der Waals surface area contributed by atoms with Crippen LogP contribution in [0.3, 0.4) is 0 Å². The minimum Gasteiger partial charge on any atom is -0.347 e. The lowest BCUT2D eigenvalue weighted by Gasteiger charge is -2.34. The first-order valence-electron chi connectivity index (χ1n) is 9.59. The molecule has 0 atom stereocenters. The molecule has 1 aliphatic heterocycles. The molecule has 5 nitrogen and oxygen atoms in total. The summed E-state index contributed by atoms with van der Waals surface area (Å²) in [7, 11) is 1.77. The molecular formula is C22H29IN4O. The molecule has 1 amide bonds. The van der Waals surface area contributed by atoms with Gasteiger partial charge in [0.25, 0.3) is 0 Å². The summed E-state index contributed by atoms with van der Waals surface area (Å²) in [5.74, 6) is 1.45. The summed E-state index contributed by atoms with van der Waals surface area (Å²) in [6, 6.07) is 20.2. The van der Waals surface area contributed by atoms with Gasteiger partial charge in [0.15, 0.2) is 5.96 Å². The number of likely N-dealkylation sites (tertiary alicyclic amines) is 1. The van der Waals surface area contributed by atoms with E-state index >= 15 is 0 Å². The summed E-state index contributed by atoms with van der Waals surface area (Å²) in [6.45, 7) is 2.15. The second-order valence-electron chi connectivity index (χ2n) is 6.94. The zero-order valence-electron chi connectivity index (χ0n) is 16.3. The zero-order chi connectivity index (χ0) is 18.9. The van der Waals surface area contributed by atoms with Gasteiger partial charge in [0.05, 0.1) is 6.54 Å². The molecular weight excluding hydrogens is 463 g/mol. The Hall–Kier alpha value is -2.09. The van der Waals surface area contributed by atoms with Crippen LogP contribution in [0.25, 0.3) is 0 Å². The number of amides is 1. The van der Waals surface area contributed by atoms with Gasteiger partial charge in [0.2, 0.25) is 5.91 Å². The second kappa shape index (κ2) is 11.7. The third kappa shape index (κ3) is 6.82. The molecule has 1 aliphatic rings. The summed E-state index contributed by atoms with van der Waals surface area (Å²) in [5, 5.41) is 6.07. The van der Waals surface area contributed by atoms with Crippen LogP contribution in [0.2, 0.25) is 0 Å². The van der Waals surface area contributed by atoms with E-state index in [1.54, 1.807) is 7.05 Å². The van der Waals surface area contributed by atoms with Gasteiger partial charge in [-0.3, -0.25) is 9.79 Å². The van der Waals surface area contributed by atoms with Crippen LogP contribution in [-0.4, -0.2) is 43.4 Å². The zero-order valence-corrected chi connectivity index (χ0v) is 18.6. The Balaban J connectivity index is 0.00000280. The number of hydrogen-bond acceptors (Lipinski definition) is 2. The van der Waals surface area contributed by atoms with Crippen molar-refractivity contribution < 1.29 is 4.79 Å². The average molecular weight is 492 g/mol. The summed E-state index contributed by atoms with van der Waals surface area (Å²) in [5.41, 5.74) is 2.22. The number of rotatable bonds is 5. The van der Waals surface area contributed by atoms with Gasteiger partial charge >= 0.3 is 0 Å². The maximum absolute atomic E-state index is 12.1. The monoisotopic (exact) mass is 492 g/mol. The van der Waals surface area contributed by atoms with Crippen molar-refractivity contribution in [2.24, 2.45) is 10.9 Å². The molecule has 0 aliphatic carbocycles. The SMILES string of the molecule is CN=C(NCC(=O)Nc1ccccc1)N1CCC(Cc2ccccc2)CC1.I.